The molecule has 1 aliphatic rings. The minimum atomic E-state index is -0.329. The molecule has 5 nitrogen and oxygen atoms in total. The smallest absolute Gasteiger partial charge is 0.306 e. The van der Waals surface area contributed by atoms with Crippen molar-refractivity contribution in [3.05, 3.63) is 65.7 Å². The van der Waals surface area contributed by atoms with Crippen LogP contribution < -0.4 is 10.7 Å². The number of rotatable bonds is 3. The van der Waals surface area contributed by atoms with Gasteiger partial charge < -0.3 is 5.32 Å². The molecular weight excluding hydrogens is 266 g/mol. The standard InChI is InChI=1S/C16H15N3O2/c20-15-13-8-4-5-9-14(13)17-16(21)19(18-15)11-10-12-6-2-1-3-7-12/h1-9H,10-11H2,(H,17,21)(H,18,20). The highest BCUT2D eigenvalue weighted by molar-refractivity contribution is 6.06. The van der Waals surface area contributed by atoms with Crippen LogP contribution in [0.3, 0.4) is 0 Å². The molecule has 0 atom stereocenters. The van der Waals surface area contributed by atoms with E-state index in [4.69, 9.17) is 0 Å². The van der Waals surface area contributed by atoms with E-state index in [9.17, 15) is 9.59 Å². The van der Waals surface area contributed by atoms with Gasteiger partial charge in [-0.25, -0.2) is 9.80 Å². The molecule has 1 heterocycles. The first-order chi connectivity index (χ1) is 10.2. The van der Waals surface area contributed by atoms with Gasteiger partial charge in [0, 0.05) is 6.54 Å². The molecule has 0 spiro atoms. The van der Waals surface area contributed by atoms with Crippen molar-refractivity contribution in [2.24, 2.45) is 0 Å². The van der Waals surface area contributed by atoms with E-state index < -0.39 is 0 Å². The molecule has 3 rings (SSSR count). The van der Waals surface area contributed by atoms with Crippen LogP contribution in [0.25, 0.3) is 0 Å². The van der Waals surface area contributed by atoms with Gasteiger partial charge in [-0.15, -0.1) is 0 Å². The van der Waals surface area contributed by atoms with Gasteiger partial charge in [0.2, 0.25) is 0 Å². The number of para-hydroxylation sites is 1. The predicted molar refractivity (Wildman–Crippen MR) is 79.8 cm³/mol. The SMILES string of the molecule is O=C1NN(CCc2ccccc2)C(=O)Nc2ccccc21. The first-order valence-corrected chi connectivity index (χ1v) is 6.76. The van der Waals surface area contributed by atoms with Gasteiger partial charge in [0.05, 0.1) is 11.3 Å². The van der Waals surface area contributed by atoms with Crippen LogP contribution in [0.5, 0.6) is 0 Å². The highest BCUT2D eigenvalue weighted by Gasteiger charge is 2.24. The summed E-state index contributed by atoms with van der Waals surface area (Å²) in [5, 5.41) is 4.06. The van der Waals surface area contributed by atoms with Crippen molar-refractivity contribution < 1.29 is 9.59 Å². The zero-order valence-electron chi connectivity index (χ0n) is 11.4. The summed E-state index contributed by atoms with van der Waals surface area (Å²) in [4.78, 5) is 24.3. The van der Waals surface area contributed by atoms with E-state index in [-0.39, 0.29) is 11.9 Å². The van der Waals surface area contributed by atoms with E-state index in [1.165, 1.54) is 5.01 Å². The molecule has 0 saturated carbocycles. The molecule has 0 saturated heterocycles. The number of nitrogens with zero attached hydrogens (tertiary/aromatic N) is 1. The summed E-state index contributed by atoms with van der Waals surface area (Å²) >= 11 is 0. The Hall–Kier alpha value is -2.82. The molecule has 0 aromatic heterocycles. The van der Waals surface area contributed by atoms with E-state index in [1.54, 1.807) is 24.3 Å². The molecule has 0 unspecified atom stereocenters. The minimum Gasteiger partial charge on any atom is -0.306 e. The lowest BCUT2D eigenvalue weighted by Crippen LogP contribution is -2.46. The van der Waals surface area contributed by atoms with Gasteiger partial charge in [0.1, 0.15) is 0 Å². The lowest BCUT2D eigenvalue weighted by Gasteiger charge is -2.20. The van der Waals surface area contributed by atoms with Crippen LogP contribution in [0.1, 0.15) is 15.9 Å². The molecule has 3 amide bonds. The molecule has 2 N–H and O–H groups in total. The van der Waals surface area contributed by atoms with Crippen LogP contribution in [0.4, 0.5) is 10.5 Å². The summed E-state index contributed by atoms with van der Waals surface area (Å²) in [6, 6.07) is 16.5. The van der Waals surface area contributed by atoms with Gasteiger partial charge in [-0.1, -0.05) is 42.5 Å². The monoisotopic (exact) mass is 281 g/mol. The zero-order chi connectivity index (χ0) is 14.7. The summed E-state index contributed by atoms with van der Waals surface area (Å²) in [5.74, 6) is -0.281. The van der Waals surface area contributed by atoms with Crippen molar-refractivity contribution in [2.45, 2.75) is 6.42 Å². The molecular formula is C16H15N3O2. The Morgan fingerprint density at radius 3 is 2.43 bits per heavy atom. The van der Waals surface area contributed by atoms with Gasteiger partial charge >= 0.3 is 6.03 Å². The predicted octanol–water partition coefficient (Wildman–Crippen LogP) is 2.42. The van der Waals surface area contributed by atoms with Crippen LogP contribution in [-0.2, 0) is 6.42 Å². The number of hydrazine groups is 1. The first-order valence-electron chi connectivity index (χ1n) is 6.76. The lowest BCUT2D eigenvalue weighted by atomic mass is 10.1. The van der Waals surface area contributed by atoms with E-state index in [0.717, 1.165) is 5.56 Å². The Labute approximate surface area is 122 Å². The summed E-state index contributed by atoms with van der Waals surface area (Å²) in [6.45, 7) is 0.412. The summed E-state index contributed by atoms with van der Waals surface area (Å²) in [7, 11) is 0. The van der Waals surface area contributed by atoms with Crippen LogP contribution in [0.15, 0.2) is 54.6 Å². The molecule has 0 aliphatic carbocycles. The normalized spacial score (nSPS) is 14.0. The van der Waals surface area contributed by atoms with Gasteiger partial charge in [-0.05, 0) is 24.1 Å². The largest absolute Gasteiger partial charge is 0.340 e. The number of carbonyl (C=O) groups is 2. The zero-order valence-corrected chi connectivity index (χ0v) is 11.4. The number of urea groups is 1. The Bertz CT molecular complexity index is 670. The number of amides is 3. The van der Waals surface area contributed by atoms with Crippen LogP contribution in [0, 0.1) is 0 Å². The van der Waals surface area contributed by atoms with Crippen LogP contribution >= 0.6 is 0 Å². The second-order valence-corrected chi connectivity index (χ2v) is 4.80. The van der Waals surface area contributed by atoms with E-state index >= 15 is 0 Å². The van der Waals surface area contributed by atoms with Crippen molar-refractivity contribution >= 4 is 17.6 Å². The molecule has 1 aliphatic heterocycles. The lowest BCUT2D eigenvalue weighted by molar-refractivity contribution is 0.0845. The number of hydrogen-bond donors (Lipinski definition) is 2. The fraction of sp³-hybridized carbons (Fsp3) is 0.125. The maximum Gasteiger partial charge on any atom is 0.340 e. The van der Waals surface area contributed by atoms with Gasteiger partial charge in [0.25, 0.3) is 5.91 Å². The maximum atomic E-state index is 12.1. The molecule has 2 aromatic carbocycles. The Morgan fingerprint density at radius 1 is 0.905 bits per heavy atom. The first kappa shape index (κ1) is 13.2. The van der Waals surface area contributed by atoms with Crippen molar-refractivity contribution in [1.82, 2.24) is 10.4 Å². The molecule has 0 radical (unpaired) electrons. The Morgan fingerprint density at radius 2 is 1.62 bits per heavy atom. The third kappa shape index (κ3) is 2.86. The van der Waals surface area contributed by atoms with E-state index in [2.05, 4.69) is 10.7 Å². The number of hydrogen-bond acceptors (Lipinski definition) is 2. The average Bonchev–Trinajstić information content (AvgIpc) is 2.63. The Balaban J connectivity index is 1.74. The molecule has 2 aromatic rings. The maximum absolute atomic E-state index is 12.1. The van der Waals surface area contributed by atoms with Crippen molar-refractivity contribution in [3.63, 3.8) is 0 Å². The van der Waals surface area contributed by atoms with Crippen LogP contribution in [0.2, 0.25) is 0 Å². The van der Waals surface area contributed by atoms with E-state index in [0.29, 0.717) is 24.2 Å². The number of nitrogens with one attached hydrogen (secondary N) is 2. The fourth-order valence-corrected chi connectivity index (χ4v) is 2.25. The summed E-state index contributed by atoms with van der Waals surface area (Å²) in [6.07, 6.45) is 0.672. The summed E-state index contributed by atoms with van der Waals surface area (Å²) in [5.41, 5.74) is 4.75. The highest BCUT2D eigenvalue weighted by Crippen LogP contribution is 2.18. The van der Waals surface area contributed by atoms with Gasteiger partial charge in [-0.3, -0.25) is 10.2 Å². The van der Waals surface area contributed by atoms with Crippen LogP contribution in [-0.4, -0.2) is 23.5 Å². The van der Waals surface area contributed by atoms with Gasteiger partial charge in [0.15, 0.2) is 0 Å². The second-order valence-electron chi connectivity index (χ2n) is 4.80. The molecule has 0 bridgehead atoms. The number of benzene rings is 2. The van der Waals surface area contributed by atoms with Crippen molar-refractivity contribution in [1.29, 1.82) is 0 Å². The topological polar surface area (TPSA) is 61.4 Å². The second kappa shape index (κ2) is 5.66. The third-order valence-corrected chi connectivity index (χ3v) is 3.36. The molecule has 21 heavy (non-hydrogen) atoms. The fourth-order valence-electron chi connectivity index (χ4n) is 2.25. The highest BCUT2D eigenvalue weighted by atomic mass is 16.2. The quantitative estimate of drug-likeness (QED) is 0.907. The number of fused-ring (bicyclic) bond motifs is 1. The number of anilines is 1. The molecule has 0 fully saturated rings. The summed E-state index contributed by atoms with van der Waals surface area (Å²) < 4.78 is 0. The molecule has 5 heteroatoms. The average molecular weight is 281 g/mol. The van der Waals surface area contributed by atoms with Crippen molar-refractivity contribution in [3.8, 4) is 0 Å². The Kier molecular flexibility index (Phi) is 3.55. The van der Waals surface area contributed by atoms with Gasteiger partial charge in [-0.2, -0.15) is 0 Å². The minimum absolute atomic E-state index is 0.281. The molecule has 106 valence electrons. The third-order valence-electron chi connectivity index (χ3n) is 3.36. The van der Waals surface area contributed by atoms with Crippen molar-refractivity contribution in [2.75, 3.05) is 11.9 Å². The van der Waals surface area contributed by atoms with E-state index in [1.807, 2.05) is 30.3 Å². The number of carbonyl (C=O) groups excluding carboxylic acids is 2.